The summed E-state index contributed by atoms with van der Waals surface area (Å²) in [5, 5.41) is 24.0. The van der Waals surface area contributed by atoms with Crippen LogP contribution in [0.15, 0.2) is 66.1 Å². The Hall–Kier alpha value is -4.22. The van der Waals surface area contributed by atoms with Crippen LogP contribution in [0.5, 0.6) is 5.75 Å². The Morgan fingerprint density at radius 3 is 2.78 bits per heavy atom. The van der Waals surface area contributed by atoms with Crippen LogP contribution < -0.4 is 10.6 Å². The quantitative estimate of drug-likeness (QED) is 0.426. The molecule has 0 bridgehead atoms. The maximum absolute atomic E-state index is 12.7. The Bertz CT molecular complexity index is 1300. The number of anilines is 1. The third-order valence-electron chi connectivity index (χ3n) is 6.22. The number of aromatic nitrogens is 2. The number of phenols is 1. The van der Waals surface area contributed by atoms with E-state index in [1.165, 1.54) is 6.20 Å². The van der Waals surface area contributed by atoms with E-state index < -0.39 is 6.10 Å². The lowest BCUT2D eigenvalue weighted by Crippen LogP contribution is -2.41. The van der Waals surface area contributed by atoms with Crippen LogP contribution in [0.2, 0.25) is 0 Å². The minimum Gasteiger partial charge on any atom is -0.507 e. The van der Waals surface area contributed by atoms with Crippen molar-refractivity contribution < 1.29 is 24.3 Å². The van der Waals surface area contributed by atoms with Crippen molar-refractivity contribution in [2.24, 2.45) is 5.16 Å². The van der Waals surface area contributed by atoms with Crippen LogP contribution in [-0.4, -0.2) is 82.8 Å². The van der Waals surface area contributed by atoms with E-state index in [9.17, 15) is 14.7 Å². The molecule has 2 aromatic carbocycles. The molecule has 5 rings (SSSR count). The van der Waals surface area contributed by atoms with E-state index in [1.807, 2.05) is 6.07 Å². The predicted molar refractivity (Wildman–Crippen MR) is 136 cm³/mol. The zero-order chi connectivity index (χ0) is 25.6. The van der Waals surface area contributed by atoms with Gasteiger partial charge in [-0.05, 0) is 30.3 Å². The number of amides is 2. The van der Waals surface area contributed by atoms with Gasteiger partial charge in [0.15, 0.2) is 0 Å². The molecule has 0 aliphatic carbocycles. The fourth-order valence-electron chi connectivity index (χ4n) is 4.19. The van der Waals surface area contributed by atoms with Crippen LogP contribution in [0, 0.1) is 0 Å². The number of carbonyl (C=O) groups is 2. The van der Waals surface area contributed by atoms with Gasteiger partial charge in [0.2, 0.25) is 6.10 Å². The highest BCUT2D eigenvalue weighted by Gasteiger charge is 2.30. The summed E-state index contributed by atoms with van der Waals surface area (Å²) >= 11 is 0. The summed E-state index contributed by atoms with van der Waals surface area (Å²) in [6, 6.07) is 13.9. The highest BCUT2D eigenvalue weighted by atomic mass is 16.6. The molecule has 0 saturated carbocycles. The van der Waals surface area contributed by atoms with Gasteiger partial charge in [-0.25, -0.2) is 4.68 Å². The summed E-state index contributed by atoms with van der Waals surface area (Å²) in [7, 11) is 0. The summed E-state index contributed by atoms with van der Waals surface area (Å²) in [4.78, 5) is 32.9. The molecule has 0 radical (unpaired) electrons. The van der Waals surface area contributed by atoms with Crippen molar-refractivity contribution in [3.8, 4) is 11.4 Å². The average Bonchev–Trinajstić information content (AvgIpc) is 3.60. The predicted octanol–water partition coefficient (Wildman–Crippen LogP) is 1.77. The molecule has 0 spiro atoms. The molecule has 1 atom stereocenters. The molecule has 1 aromatic heterocycles. The average molecular weight is 505 g/mol. The maximum Gasteiger partial charge on any atom is 0.268 e. The zero-order valence-electron chi connectivity index (χ0n) is 20.2. The van der Waals surface area contributed by atoms with E-state index in [0.29, 0.717) is 34.8 Å². The molecule has 2 aliphatic rings. The topological polar surface area (TPSA) is 130 Å². The largest absolute Gasteiger partial charge is 0.507 e. The van der Waals surface area contributed by atoms with Crippen LogP contribution in [0.3, 0.4) is 0 Å². The SMILES string of the molecule is O=C(NCCN1CCOCC1)c1cccc(-n2cc(NC(=O)C3CC(c4ccccc4O)=NO3)cn2)c1. The standard InChI is InChI=1S/C26H28N6O5/c33-23-7-2-1-6-21(23)22-15-24(37-30-22)26(35)29-19-16-28-32(17-19)20-5-3-4-18(14-20)25(34)27-8-9-31-10-12-36-13-11-31/h1-7,14,16-17,24,33H,8-13,15H2,(H,27,34)(H,29,35). The van der Waals surface area contributed by atoms with Crippen LogP contribution in [0.4, 0.5) is 5.69 Å². The molecule has 3 N–H and O–H groups in total. The van der Waals surface area contributed by atoms with Gasteiger partial charge < -0.3 is 25.3 Å². The molecule has 37 heavy (non-hydrogen) atoms. The number of nitrogens with zero attached hydrogens (tertiary/aromatic N) is 4. The molecule has 11 nitrogen and oxygen atoms in total. The van der Waals surface area contributed by atoms with Crippen molar-refractivity contribution in [1.82, 2.24) is 20.0 Å². The van der Waals surface area contributed by atoms with Gasteiger partial charge in [0.05, 0.1) is 42.7 Å². The Balaban J connectivity index is 1.15. The first-order chi connectivity index (χ1) is 18.1. The Labute approximate surface area is 213 Å². The van der Waals surface area contributed by atoms with Crippen molar-refractivity contribution in [3.05, 3.63) is 72.1 Å². The number of benzene rings is 2. The molecule has 192 valence electrons. The number of nitrogens with one attached hydrogen (secondary N) is 2. The van der Waals surface area contributed by atoms with Crippen molar-refractivity contribution in [2.45, 2.75) is 12.5 Å². The third kappa shape index (κ3) is 5.96. The molecule has 1 unspecified atom stereocenters. The monoisotopic (exact) mass is 504 g/mol. The molecule has 2 amide bonds. The van der Waals surface area contributed by atoms with Crippen LogP contribution in [0.1, 0.15) is 22.3 Å². The van der Waals surface area contributed by atoms with Gasteiger partial charge in [0, 0.05) is 43.7 Å². The zero-order valence-corrected chi connectivity index (χ0v) is 20.2. The summed E-state index contributed by atoms with van der Waals surface area (Å²) in [6.07, 6.45) is 2.60. The summed E-state index contributed by atoms with van der Waals surface area (Å²) in [6.45, 7) is 4.54. The fraction of sp³-hybridized carbons (Fsp3) is 0.308. The lowest BCUT2D eigenvalue weighted by molar-refractivity contribution is -0.125. The number of para-hydroxylation sites is 1. The number of rotatable bonds is 8. The van der Waals surface area contributed by atoms with Crippen molar-refractivity contribution in [2.75, 3.05) is 44.7 Å². The number of hydrogen-bond acceptors (Lipinski definition) is 8. The molecule has 3 heterocycles. The van der Waals surface area contributed by atoms with Crippen molar-refractivity contribution >= 4 is 23.2 Å². The van der Waals surface area contributed by atoms with E-state index in [4.69, 9.17) is 9.57 Å². The molecular formula is C26H28N6O5. The van der Waals surface area contributed by atoms with E-state index in [0.717, 1.165) is 32.8 Å². The number of oxime groups is 1. The van der Waals surface area contributed by atoms with Crippen molar-refractivity contribution in [1.29, 1.82) is 0 Å². The first kappa shape index (κ1) is 24.5. The molecule has 1 fully saturated rings. The van der Waals surface area contributed by atoms with E-state index in [2.05, 4.69) is 25.8 Å². The number of ether oxygens (including phenoxy) is 1. The fourth-order valence-corrected chi connectivity index (χ4v) is 4.19. The second-order valence-electron chi connectivity index (χ2n) is 8.78. The van der Waals surface area contributed by atoms with Gasteiger partial charge in [0.25, 0.3) is 11.8 Å². The lowest BCUT2D eigenvalue weighted by Gasteiger charge is -2.26. The van der Waals surface area contributed by atoms with Gasteiger partial charge in [-0.15, -0.1) is 0 Å². The van der Waals surface area contributed by atoms with Crippen molar-refractivity contribution in [3.63, 3.8) is 0 Å². The Morgan fingerprint density at radius 1 is 1.11 bits per heavy atom. The van der Waals surface area contributed by atoms with E-state index in [-0.39, 0.29) is 24.0 Å². The smallest absolute Gasteiger partial charge is 0.268 e. The highest BCUT2D eigenvalue weighted by Crippen LogP contribution is 2.24. The number of carbonyl (C=O) groups excluding carboxylic acids is 2. The molecule has 3 aromatic rings. The Morgan fingerprint density at radius 2 is 1.95 bits per heavy atom. The second-order valence-corrected chi connectivity index (χ2v) is 8.78. The second kappa shape index (κ2) is 11.2. The molecule has 2 aliphatic heterocycles. The van der Waals surface area contributed by atoms with Gasteiger partial charge >= 0.3 is 0 Å². The van der Waals surface area contributed by atoms with Gasteiger partial charge in [-0.2, -0.15) is 5.10 Å². The summed E-state index contributed by atoms with van der Waals surface area (Å²) in [5.74, 6) is -0.447. The van der Waals surface area contributed by atoms with E-state index in [1.54, 1.807) is 53.3 Å². The first-order valence-electron chi connectivity index (χ1n) is 12.1. The van der Waals surface area contributed by atoms with Crippen LogP contribution in [-0.2, 0) is 14.4 Å². The third-order valence-corrected chi connectivity index (χ3v) is 6.22. The lowest BCUT2D eigenvalue weighted by atomic mass is 10.0. The van der Waals surface area contributed by atoms with Crippen LogP contribution in [0.25, 0.3) is 5.69 Å². The molecular weight excluding hydrogens is 476 g/mol. The minimum absolute atomic E-state index is 0.0835. The number of phenolic OH excluding ortho intramolecular Hbond substituents is 1. The highest BCUT2D eigenvalue weighted by molar-refractivity contribution is 6.07. The molecule has 1 saturated heterocycles. The summed E-state index contributed by atoms with van der Waals surface area (Å²) < 4.78 is 6.93. The Kier molecular flexibility index (Phi) is 7.43. The minimum atomic E-state index is -0.817. The normalized spacial score (nSPS) is 17.6. The maximum atomic E-state index is 12.7. The van der Waals surface area contributed by atoms with Gasteiger partial charge in [-0.3, -0.25) is 14.5 Å². The van der Waals surface area contributed by atoms with Gasteiger partial charge in [-0.1, -0.05) is 23.4 Å². The molecule has 11 heteroatoms. The first-order valence-corrected chi connectivity index (χ1v) is 12.1. The number of hydrogen-bond donors (Lipinski definition) is 3. The van der Waals surface area contributed by atoms with E-state index >= 15 is 0 Å². The van der Waals surface area contributed by atoms with Crippen LogP contribution >= 0.6 is 0 Å². The summed E-state index contributed by atoms with van der Waals surface area (Å²) in [5.41, 5.74) is 2.73. The number of morpholine rings is 1. The number of aromatic hydroxyl groups is 1. The van der Waals surface area contributed by atoms with Gasteiger partial charge in [0.1, 0.15) is 5.75 Å².